The van der Waals surface area contributed by atoms with Gasteiger partial charge in [0.2, 0.25) is 5.91 Å². The summed E-state index contributed by atoms with van der Waals surface area (Å²) < 4.78 is 11.6. The number of likely N-dealkylation sites (tertiary alicyclic amines) is 1. The van der Waals surface area contributed by atoms with Crippen LogP contribution in [0.25, 0.3) is 0 Å². The van der Waals surface area contributed by atoms with Crippen molar-refractivity contribution in [2.45, 2.75) is 76.1 Å². The van der Waals surface area contributed by atoms with Gasteiger partial charge in [-0.2, -0.15) is 5.48 Å². The standard InChI is InChI=1S/C21H36N4O4/c26-21(15-2-1-3-15)25-9-5-14(6-10-25)19-23-20(29-24-19)16-4-8-22-18(12-16)28-17-7-11-27-13-17/h14-20,22-24H,1-13H2/t16?,17-,18?,19?,20?/m1/s1. The molecule has 5 fully saturated rings. The summed E-state index contributed by atoms with van der Waals surface area (Å²) in [6.07, 6.45) is 9.04. The molecule has 0 aromatic rings. The fraction of sp³-hybridized carbons (Fsp3) is 0.952. The van der Waals surface area contributed by atoms with E-state index >= 15 is 0 Å². The van der Waals surface area contributed by atoms with Crippen LogP contribution in [-0.4, -0.2) is 68.4 Å². The summed E-state index contributed by atoms with van der Waals surface area (Å²) in [4.78, 5) is 20.5. The van der Waals surface area contributed by atoms with Gasteiger partial charge in [-0.15, -0.1) is 0 Å². The third-order valence-electron chi connectivity index (χ3n) is 7.52. The van der Waals surface area contributed by atoms with Gasteiger partial charge in [0.05, 0.1) is 18.9 Å². The summed E-state index contributed by atoms with van der Waals surface area (Å²) in [6, 6.07) is 0. The van der Waals surface area contributed by atoms with Crippen molar-refractivity contribution in [3.63, 3.8) is 0 Å². The number of nitrogens with one attached hydrogen (secondary N) is 3. The van der Waals surface area contributed by atoms with Crippen LogP contribution < -0.4 is 16.1 Å². The van der Waals surface area contributed by atoms with E-state index in [1.54, 1.807) is 0 Å². The zero-order valence-electron chi connectivity index (χ0n) is 17.3. The van der Waals surface area contributed by atoms with E-state index in [0.717, 1.165) is 71.2 Å². The average molecular weight is 409 g/mol. The van der Waals surface area contributed by atoms with E-state index < -0.39 is 0 Å². The number of ether oxygens (including phenoxy) is 2. The Bertz CT molecular complexity index is 561. The van der Waals surface area contributed by atoms with Crippen LogP contribution >= 0.6 is 0 Å². The molecule has 29 heavy (non-hydrogen) atoms. The maximum Gasteiger partial charge on any atom is 0.225 e. The van der Waals surface area contributed by atoms with E-state index in [-0.39, 0.29) is 24.7 Å². The maximum atomic E-state index is 12.5. The zero-order chi connectivity index (χ0) is 19.6. The van der Waals surface area contributed by atoms with Crippen LogP contribution in [0.15, 0.2) is 0 Å². The molecular formula is C21H36N4O4. The third kappa shape index (κ3) is 4.62. The summed E-state index contributed by atoms with van der Waals surface area (Å²) in [5.41, 5.74) is 3.26. The lowest BCUT2D eigenvalue weighted by atomic mass is 9.83. The Hall–Kier alpha value is -0.770. The number of carbonyl (C=O) groups excluding carboxylic acids is 1. The van der Waals surface area contributed by atoms with Crippen LogP contribution in [0.5, 0.6) is 0 Å². The molecule has 5 aliphatic rings. The molecular weight excluding hydrogens is 372 g/mol. The van der Waals surface area contributed by atoms with Gasteiger partial charge in [0, 0.05) is 31.5 Å². The first-order valence-corrected chi connectivity index (χ1v) is 11.7. The molecule has 4 saturated heterocycles. The first-order chi connectivity index (χ1) is 14.3. The Balaban J connectivity index is 1.07. The molecule has 8 heteroatoms. The Labute approximate surface area is 173 Å². The van der Waals surface area contributed by atoms with Crippen molar-refractivity contribution in [1.29, 1.82) is 0 Å². The van der Waals surface area contributed by atoms with Crippen molar-refractivity contribution < 1.29 is 19.1 Å². The third-order valence-corrected chi connectivity index (χ3v) is 7.52. The van der Waals surface area contributed by atoms with Crippen molar-refractivity contribution in [1.82, 2.24) is 21.0 Å². The summed E-state index contributed by atoms with van der Waals surface area (Å²) >= 11 is 0. The molecule has 4 aliphatic heterocycles. The van der Waals surface area contributed by atoms with Gasteiger partial charge in [-0.3, -0.25) is 20.3 Å². The van der Waals surface area contributed by atoms with E-state index in [4.69, 9.17) is 14.3 Å². The van der Waals surface area contributed by atoms with Gasteiger partial charge < -0.3 is 14.4 Å². The number of carbonyl (C=O) groups is 1. The van der Waals surface area contributed by atoms with Gasteiger partial charge in [0.1, 0.15) is 12.5 Å². The second kappa shape index (κ2) is 9.16. The minimum absolute atomic E-state index is 0.0302. The van der Waals surface area contributed by atoms with Crippen molar-refractivity contribution >= 4 is 5.91 Å². The minimum atomic E-state index is 0.0302. The minimum Gasteiger partial charge on any atom is -0.379 e. The highest BCUT2D eigenvalue weighted by Crippen LogP contribution is 2.32. The van der Waals surface area contributed by atoms with Crippen molar-refractivity contribution in [2.24, 2.45) is 17.8 Å². The van der Waals surface area contributed by atoms with Crippen LogP contribution in [-0.2, 0) is 19.1 Å². The fourth-order valence-electron chi connectivity index (χ4n) is 5.36. The topological polar surface area (TPSA) is 84.1 Å². The molecule has 0 aromatic heterocycles. The number of piperidine rings is 2. The SMILES string of the molecule is O=C(C1CCC1)N1CCC(C2NOC(C3CCNC(O[C@@H]4CCOC4)C3)N2)CC1. The number of hydrogen-bond acceptors (Lipinski definition) is 7. The molecule has 164 valence electrons. The van der Waals surface area contributed by atoms with Gasteiger partial charge >= 0.3 is 0 Å². The highest BCUT2D eigenvalue weighted by atomic mass is 16.7. The first-order valence-electron chi connectivity index (χ1n) is 11.7. The zero-order valence-corrected chi connectivity index (χ0v) is 17.3. The summed E-state index contributed by atoms with van der Waals surface area (Å²) in [5.74, 6) is 1.65. The average Bonchev–Trinajstić information content (AvgIpc) is 3.39. The summed E-state index contributed by atoms with van der Waals surface area (Å²) in [6.45, 7) is 4.25. The number of rotatable bonds is 5. The lowest BCUT2D eigenvalue weighted by Crippen LogP contribution is -2.51. The molecule has 1 aliphatic carbocycles. The highest BCUT2D eigenvalue weighted by molar-refractivity contribution is 5.79. The Morgan fingerprint density at radius 3 is 2.62 bits per heavy atom. The van der Waals surface area contributed by atoms with E-state index in [9.17, 15) is 4.79 Å². The Morgan fingerprint density at radius 1 is 1.03 bits per heavy atom. The molecule has 0 bridgehead atoms. The molecule has 0 spiro atoms. The van der Waals surface area contributed by atoms with E-state index in [1.807, 2.05) is 0 Å². The molecule has 1 amide bonds. The van der Waals surface area contributed by atoms with Crippen molar-refractivity contribution in [3.8, 4) is 0 Å². The molecule has 0 radical (unpaired) electrons. The van der Waals surface area contributed by atoms with Gasteiger partial charge in [-0.1, -0.05) is 6.42 Å². The number of hydroxylamine groups is 1. The summed E-state index contributed by atoms with van der Waals surface area (Å²) in [7, 11) is 0. The smallest absolute Gasteiger partial charge is 0.225 e. The number of hydrogen-bond donors (Lipinski definition) is 3. The lowest BCUT2D eigenvalue weighted by molar-refractivity contribution is -0.139. The van der Waals surface area contributed by atoms with E-state index in [2.05, 4.69) is 21.0 Å². The number of amides is 1. The van der Waals surface area contributed by atoms with Crippen LogP contribution in [0.3, 0.4) is 0 Å². The van der Waals surface area contributed by atoms with Crippen molar-refractivity contribution in [2.75, 3.05) is 32.8 Å². The molecule has 0 aromatic carbocycles. The second-order valence-electron chi connectivity index (χ2n) is 9.44. The van der Waals surface area contributed by atoms with E-state index in [1.165, 1.54) is 6.42 Å². The van der Waals surface area contributed by atoms with Gasteiger partial charge in [-0.25, -0.2) is 0 Å². The fourth-order valence-corrected chi connectivity index (χ4v) is 5.36. The van der Waals surface area contributed by atoms with E-state index in [0.29, 0.717) is 30.3 Å². The molecule has 4 heterocycles. The lowest BCUT2D eigenvalue weighted by Gasteiger charge is -2.38. The van der Waals surface area contributed by atoms with Gasteiger partial charge in [0.15, 0.2) is 0 Å². The quantitative estimate of drug-likeness (QED) is 0.624. The molecule has 5 rings (SSSR count). The maximum absolute atomic E-state index is 12.5. The van der Waals surface area contributed by atoms with Crippen LogP contribution in [0.4, 0.5) is 0 Å². The molecule has 4 unspecified atom stereocenters. The molecule has 5 atom stereocenters. The normalized spacial score (nSPS) is 39.6. The predicted octanol–water partition coefficient (Wildman–Crippen LogP) is 0.933. The second-order valence-corrected chi connectivity index (χ2v) is 9.44. The first kappa shape index (κ1) is 20.2. The molecule has 3 N–H and O–H groups in total. The Kier molecular flexibility index (Phi) is 6.36. The van der Waals surface area contributed by atoms with Gasteiger partial charge in [0.25, 0.3) is 0 Å². The van der Waals surface area contributed by atoms with Gasteiger partial charge in [-0.05, 0) is 57.4 Å². The largest absolute Gasteiger partial charge is 0.379 e. The number of nitrogens with zero attached hydrogens (tertiary/aromatic N) is 1. The monoisotopic (exact) mass is 408 g/mol. The van der Waals surface area contributed by atoms with Crippen LogP contribution in [0.1, 0.15) is 51.4 Å². The van der Waals surface area contributed by atoms with Crippen molar-refractivity contribution in [3.05, 3.63) is 0 Å². The Morgan fingerprint density at radius 2 is 1.90 bits per heavy atom. The van der Waals surface area contributed by atoms with Crippen LogP contribution in [0, 0.1) is 17.8 Å². The molecule has 1 saturated carbocycles. The molecule has 8 nitrogen and oxygen atoms in total. The summed E-state index contributed by atoms with van der Waals surface area (Å²) in [5, 5.41) is 7.18. The predicted molar refractivity (Wildman–Crippen MR) is 106 cm³/mol. The highest BCUT2D eigenvalue weighted by Gasteiger charge is 2.40. The van der Waals surface area contributed by atoms with Crippen LogP contribution in [0.2, 0.25) is 0 Å².